The molecule has 0 aliphatic carbocycles. The molecule has 0 aliphatic rings. The second-order valence-corrected chi connectivity index (χ2v) is 3.99. The molecule has 0 aliphatic heterocycles. The molecule has 0 spiro atoms. The topological polar surface area (TPSA) is 26.3 Å². The molecule has 80 valence electrons. The number of carbonyl (C=O) groups excluding carboxylic acids is 1. The van der Waals surface area contributed by atoms with Gasteiger partial charge in [-0.3, -0.25) is 0 Å². The van der Waals surface area contributed by atoms with Crippen LogP contribution in [-0.2, 0) is 9.53 Å². The van der Waals surface area contributed by atoms with Crippen LogP contribution in [0.4, 0.5) is 0 Å². The first kappa shape index (κ1) is 12.5. The van der Waals surface area contributed by atoms with Crippen molar-refractivity contribution in [1.29, 1.82) is 0 Å². The number of carbonyl (C=O) groups is 1. The summed E-state index contributed by atoms with van der Waals surface area (Å²) in [6.45, 7) is 0. The van der Waals surface area contributed by atoms with Crippen molar-refractivity contribution in [3.8, 4) is 0 Å². The lowest BCUT2D eigenvalue weighted by Gasteiger charge is -2.02. The van der Waals surface area contributed by atoms with Crippen molar-refractivity contribution < 1.29 is 9.53 Å². The first-order chi connectivity index (χ1) is 7.19. The van der Waals surface area contributed by atoms with E-state index in [1.165, 1.54) is 7.11 Å². The molecule has 0 atom stereocenters. The highest BCUT2D eigenvalue weighted by Gasteiger charge is 2.08. The van der Waals surface area contributed by atoms with Gasteiger partial charge in [-0.05, 0) is 17.7 Å². The summed E-state index contributed by atoms with van der Waals surface area (Å²) in [6.07, 6.45) is 1.75. The summed E-state index contributed by atoms with van der Waals surface area (Å²) in [5, 5.41) is 0.628. The fourth-order valence-electron chi connectivity index (χ4n) is 1.06. The van der Waals surface area contributed by atoms with E-state index in [2.05, 4.69) is 27.3 Å². The average molecular weight is 337 g/mol. The van der Waals surface area contributed by atoms with Crippen LogP contribution in [0.1, 0.15) is 5.56 Å². The van der Waals surface area contributed by atoms with Gasteiger partial charge in [-0.15, -0.1) is 0 Å². The molecule has 0 saturated carbocycles. The van der Waals surface area contributed by atoms with Gasteiger partial charge < -0.3 is 4.74 Å². The predicted molar refractivity (Wildman–Crippen MR) is 70.3 cm³/mol. The van der Waals surface area contributed by atoms with Crippen molar-refractivity contribution in [2.24, 2.45) is 0 Å². The molecule has 0 aromatic heterocycles. The van der Waals surface area contributed by atoms with Gasteiger partial charge in [-0.1, -0.05) is 52.4 Å². The largest absolute Gasteiger partial charge is 0.466 e. The molecule has 0 unspecified atom stereocenters. The smallest absolute Gasteiger partial charge is 0.334 e. The summed E-state index contributed by atoms with van der Waals surface area (Å²) in [6, 6.07) is 7.37. The van der Waals surface area contributed by atoms with Crippen molar-refractivity contribution in [2.75, 3.05) is 11.5 Å². The number of ether oxygens (including phenoxy) is 1. The van der Waals surface area contributed by atoms with E-state index in [0.29, 0.717) is 15.0 Å². The number of hydrogen-bond donors (Lipinski definition) is 0. The van der Waals surface area contributed by atoms with E-state index >= 15 is 0 Å². The lowest BCUT2D eigenvalue weighted by atomic mass is 10.1. The van der Waals surface area contributed by atoms with Crippen molar-refractivity contribution in [3.05, 3.63) is 40.4 Å². The summed E-state index contributed by atoms with van der Waals surface area (Å²) in [4.78, 5) is 11.3. The Morgan fingerprint density at radius 2 is 2.20 bits per heavy atom. The van der Waals surface area contributed by atoms with E-state index in [1.54, 1.807) is 12.1 Å². The van der Waals surface area contributed by atoms with Crippen LogP contribution >= 0.6 is 34.2 Å². The zero-order chi connectivity index (χ0) is 11.3. The molecule has 0 radical (unpaired) electrons. The Morgan fingerprint density at radius 3 is 2.73 bits per heavy atom. The van der Waals surface area contributed by atoms with E-state index in [0.717, 1.165) is 5.56 Å². The number of halogens is 2. The van der Waals surface area contributed by atoms with E-state index in [-0.39, 0.29) is 5.97 Å². The average Bonchev–Trinajstić information content (AvgIpc) is 2.27. The van der Waals surface area contributed by atoms with Gasteiger partial charge in [-0.25, -0.2) is 4.79 Å². The molecule has 0 amide bonds. The predicted octanol–water partition coefficient (Wildman–Crippen LogP) is 3.33. The molecule has 1 aromatic carbocycles. The van der Waals surface area contributed by atoms with Crippen LogP contribution in [-0.4, -0.2) is 17.5 Å². The van der Waals surface area contributed by atoms with Crippen LogP contribution in [0.5, 0.6) is 0 Å². The molecule has 1 aromatic rings. The van der Waals surface area contributed by atoms with Gasteiger partial charge in [0.15, 0.2) is 0 Å². The van der Waals surface area contributed by atoms with Gasteiger partial charge in [-0.2, -0.15) is 0 Å². The number of hydrogen-bond acceptors (Lipinski definition) is 2. The van der Waals surface area contributed by atoms with E-state index < -0.39 is 0 Å². The van der Waals surface area contributed by atoms with Gasteiger partial charge >= 0.3 is 5.97 Å². The maximum atomic E-state index is 11.3. The molecular formula is C11H10ClIO2. The summed E-state index contributed by atoms with van der Waals surface area (Å²) in [5.41, 5.74) is 1.43. The van der Waals surface area contributed by atoms with Crippen LogP contribution in [0.25, 0.3) is 6.08 Å². The van der Waals surface area contributed by atoms with Crippen LogP contribution < -0.4 is 0 Å². The van der Waals surface area contributed by atoms with Crippen molar-refractivity contribution in [3.63, 3.8) is 0 Å². The molecular weight excluding hydrogens is 326 g/mol. The normalized spacial score (nSPS) is 11.3. The Morgan fingerprint density at radius 1 is 1.53 bits per heavy atom. The minimum absolute atomic E-state index is 0.315. The molecule has 0 heterocycles. The molecule has 0 N–H and O–H groups in total. The number of rotatable bonds is 3. The van der Waals surface area contributed by atoms with Gasteiger partial charge in [0.25, 0.3) is 0 Å². The van der Waals surface area contributed by atoms with Crippen LogP contribution in [0, 0.1) is 0 Å². The van der Waals surface area contributed by atoms with Crippen LogP contribution in [0.15, 0.2) is 29.8 Å². The maximum absolute atomic E-state index is 11.3. The minimum atomic E-state index is -0.315. The standard InChI is InChI=1S/C11H10ClIO2/c1-15-11(14)9(7-13)6-8-4-2-3-5-10(8)12/h2-6H,7H2,1H3/b9-6+. The van der Waals surface area contributed by atoms with E-state index in [4.69, 9.17) is 11.6 Å². The second-order valence-electron chi connectivity index (χ2n) is 2.82. The van der Waals surface area contributed by atoms with Gasteiger partial charge in [0.1, 0.15) is 0 Å². The number of methoxy groups -OCH3 is 1. The van der Waals surface area contributed by atoms with Gasteiger partial charge in [0, 0.05) is 15.0 Å². The highest BCUT2D eigenvalue weighted by molar-refractivity contribution is 14.1. The summed E-state index contributed by atoms with van der Waals surface area (Å²) >= 11 is 8.09. The van der Waals surface area contributed by atoms with Crippen molar-refractivity contribution in [1.82, 2.24) is 0 Å². The minimum Gasteiger partial charge on any atom is -0.466 e. The first-order valence-corrected chi connectivity index (χ1v) is 6.18. The quantitative estimate of drug-likeness (QED) is 0.366. The van der Waals surface area contributed by atoms with Crippen molar-refractivity contribution >= 4 is 46.2 Å². The van der Waals surface area contributed by atoms with Gasteiger partial charge in [0.05, 0.1) is 7.11 Å². The van der Waals surface area contributed by atoms with Crippen LogP contribution in [0.2, 0.25) is 5.02 Å². The SMILES string of the molecule is COC(=O)/C(=C/c1ccccc1Cl)CI. The Balaban J connectivity index is 3.03. The second kappa shape index (κ2) is 6.12. The fraction of sp³-hybridized carbons (Fsp3) is 0.182. The molecule has 1 rings (SSSR count). The van der Waals surface area contributed by atoms with E-state index in [1.807, 2.05) is 18.2 Å². The molecule has 4 heteroatoms. The Labute approximate surface area is 107 Å². The summed E-state index contributed by atoms with van der Waals surface area (Å²) in [5.74, 6) is -0.315. The lowest BCUT2D eigenvalue weighted by molar-refractivity contribution is -0.135. The highest BCUT2D eigenvalue weighted by atomic mass is 127. The zero-order valence-corrected chi connectivity index (χ0v) is 11.1. The van der Waals surface area contributed by atoms with Crippen LogP contribution in [0.3, 0.4) is 0 Å². The monoisotopic (exact) mass is 336 g/mol. The number of esters is 1. The Kier molecular flexibility index (Phi) is 5.11. The first-order valence-electron chi connectivity index (χ1n) is 4.28. The highest BCUT2D eigenvalue weighted by Crippen LogP contribution is 2.19. The molecule has 2 nitrogen and oxygen atoms in total. The maximum Gasteiger partial charge on any atom is 0.334 e. The van der Waals surface area contributed by atoms with Crippen molar-refractivity contribution in [2.45, 2.75) is 0 Å². The lowest BCUT2D eigenvalue weighted by Crippen LogP contribution is -2.05. The third-order valence-corrected chi connectivity index (χ3v) is 2.99. The zero-order valence-electron chi connectivity index (χ0n) is 8.17. The number of benzene rings is 1. The Bertz CT molecular complexity index is 388. The molecule has 0 bridgehead atoms. The molecule has 0 saturated heterocycles. The summed E-state index contributed by atoms with van der Waals surface area (Å²) in [7, 11) is 1.37. The third-order valence-electron chi connectivity index (χ3n) is 1.83. The summed E-state index contributed by atoms with van der Waals surface area (Å²) < 4.78 is 5.25. The molecule has 0 fully saturated rings. The Hall–Kier alpha value is -0.550. The number of alkyl halides is 1. The molecule has 15 heavy (non-hydrogen) atoms. The van der Waals surface area contributed by atoms with Gasteiger partial charge in [0.2, 0.25) is 0 Å². The fourth-order valence-corrected chi connectivity index (χ4v) is 1.78. The third kappa shape index (κ3) is 3.50. The van der Waals surface area contributed by atoms with E-state index in [9.17, 15) is 4.79 Å².